The van der Waals surface area contributed by atoms with Gasteiger partial charge in [-0.3, -0.25) is 9.48 Å². The molecule has 0 aliphatic carbocycles. The SMILES string of the molecule is Cc1nn(CC(=O)NC(C)c2nc3ccccc3o2)c(C)c1Cl. The first-order chi connectivity index (χ1) is 11.0. The molecule has 23 heavy (non-hydrogen) atoms. The van der Waals surface area contributed by atoms with Crippen molar-refractivity contribution in [2.24, 2.45) is 0 Å². The van der Waals surface area contributed by atoms with Crippen LogP contribution in [0.3, 0.4) is 0 Å². The van der Waals surface area contributed by atoms with E-state index in [2.05, 4.69) is 15.4 Å². The molecule has 2 aromatic heterocycles. The zero-order chi connectivity index (χ0) is 16.6. The molecule has 3 aromatic rings. The lowest BCUT2D eigenvalue weighted by atomic mass is 10.3. The third-order valence-corrected chi connectivity index (χ3v) is 4.19. The van der Waals surface area contributed by atoms with Crippen LogP contribution >= 0.6 is 11.6 Å². The maximum Gasteiger partial charge on any atom is 0.242 e. The number of rotatable bonds is 4. The maximum absolute atomic E-state index is 12.2. The highest BCUT2D eigenvalue weighted by molar-refractivity contribution is 6.31. The third-order valence-electron chi connectivity index (χ3n) is 3.64. The first-order valence-corrected chi connectivity index (χ1v) is 7.68. The molecule has 7 heteroatoms. The van der Waals surface area contributed by atoms with Gasteiger partial charge < -0.3 is 9.73 Å². The summed E-state index contributed by atoms with van der Waals surface area (Å²) < 4.78 is 7.25. The smallest absolute Gasteiger partial charge is 0.242 e. The second-order valence-electron chi connectivity index (χ2n) is 5.45. The zero-order valence-electron chi connectivity index (χ0n) is 13.1. The average Bonchev–Trinajstić information content (AvgIpc) is 3.05. The molecular weight excluding hydrogens is 316 g/mol. The number of carbonyl (C=O) groups excluding carboxylic acids is 1. The Hall–Kier alpha value is -2.34. The number of hydrogen-bond donors (Lipinski definition) is 1. The molecule has 1 amide bonds. The molecule has 6 nitrogen and oxygen atoms in total. The van der Waals surface area contributed by atoms with Crippen molar-refractivity contribution in [2.75, 3.05) is 0 Å². The second-order valence-corrected chi connectivity index (χ2v) is 5.83. The van der Waals surface area contributed by atoms with Gasteiger partial charge in [0.15, 0.2) is 5.58 Å². The summed E-state index contributed by atoms with van der Waals surface area (Å²) in [5.41, 5.74) is 2.96. The minimum atomic E-state index is -0.331. The van der Waals surface area contributed by atoms with E-state index in [9.17, 15) is 4.79 Å². The van der Waals surface area contributed by atoms with Crippen LogP contribution < -0.4 is 5.32 Å². The molecule has 0 aliphatic heterocycles. The second kappa shape index (κ2) is 6.04. The molecule has 3 rings (SSSR count). The predicted molar refractivity (Wildman–Crippen MR) is 87.3 cm³/mol. The summed E-state index contributed by atoms with van der Waals surface area (Å²) in [6.45, 7) is 5.57. The van der Waals surface area contributed by atoms with Crippen molar-refractivity contribution >= 4 is 28.6 Å². The number of amides is 1. The van der Waals surface area contributed by atoms with E-state index in [1.54, 1.807) is 4.68 Å². The number of hydrogen-bond acceptors (Lipinski definition) is 4. The van der Waals surface area contributed by atoms with Crippen LogP contribution in [-0.4, -0.2) is 20.7 Å². The van der Waals surface area contributed by atoms with Crippen LogP contribution in [0.4, 0.5) is 0 Å². The summed E-state index contributed by atoms with van der Waals surface area (Å²) in [6, 6.07) is 7.16. The van der Waals surface area contributed by atoms with Crippen molar-refractivity contribution in [3.05, 3.63) is 46.6 Å². The number of aromatic nitrogens is 3. The van der Waals surface area contributed by atoms with E-state index < -0.39 is 0 Å². The van der Waals surface area contributed by atoms with Gasteiger partial charge >= 0.3 is 0 Å². The van der Waals surface area contributed by atoms with Crippen molar-refractivity contribution in [2.45, 2.75) is 33.4 Å². The molecule has 0 radical (unpaired) electrons. The van der Waals surface area contributed by atoms with Crippen LogP contribution in [0.15, 0.2) is 28.7 Å². The summed E-state index contributed by atoms with van der Waals surface area (Å²) in [5.74, 6) is 0.299. The van der Waals surface area contributed by atoms with Crippen molar-refractivity contribution in [3.8, 4) is 0 Å². The van der Waals surface area contributed by atoms with Gasteiger partial charge in [0.2, 0.25) is 11.8 Å². The topological polar surface area (TPSA) is 73.0 Å². The van der Waals surface area contributed by atoms with Gasteiger partial charge in [-0.15, -0.1) is 0 Å². The van der Waals surface area contributed by atoms with E-state index in [1.807, 2.05) is 45.0 Å². The lowest BCUT2D eigenvalue weighted by Gasteiger charge is -2.11. The van der Waals surface area contributed by atoms with Gasteiger partial charge in [0.1, 0.15) is 18.1 Å². The first kappa shape index (κ1) is 15.6. The molecule has 1 aromatic carbocycles. The fourth-order valence-corrected chi connectivity index (χ4v) is 2.52. The standard InChI is InChI=1S/C16H17ClN4O2/c1-9-15(17)11(3)21(20-9)8-14(22)18-10(2)16-19-12-6-4-5-7-13(12)23-16/h4-7,10H,8H2,1-3H3,(H,18,22). The molecule has 0 fully saturated rings. The Morgan fingerprint density at radius 2 is 2.13 bits per heavy atom. The van der Waals surface area contributed by atoms with Crippen LogP contribution in [0.5, 0.6) is 0 Å². The molecule has 1 N–H and O–H groups in total. The van der Waals surface area contributed by atoms with Crippen molar-refractivity contribution in [1.29, 1.82) is 0 Å². The van der Waals surface area contributed by atoms with Gasteiger partial charge in [-0.05, 0) is 32.9 Å². The molecule has 120 valence electrons. The van der Waals surface area contributed by atoms with E-state index >= 15 is 0 Å². The Morgan fingerprint density at radius 1 is 1.39 bits per heavy atom. The predicted octanol–water partition coefficient (Wildman–Crippen LogP) is 3.17. The highest BCUT2D eigenvalue weighted by atomic mass is 35.5. The van der Waals surface area contributed by atoms with Crippen molar-refractivity contribution in [1.82, 2.24) is 20.1 Å². The summed E-state index contributed by atoms with van der Waals surface area (Å²) in [5, 5.41) is 7.70. The number of oxazole rings is 1. The lowest BCUT2D eigenvalue weighted by molar-refractivity contribution is -0.122. The molecule has 0 saturated heterocycles. The largest absolute Gasteiger partial charge is 0.438 e. The monoisotopic (exact) mass is 332 g/mol. The zero-order valence-corrected chi connectivity index (χ0v) is 13.9. The van der Waals surface area contributed by atoms with E-state index in [0.717, 1.165) is 11.2 Å². The summed E-state index contributed by atoms with van der Waals surface area (Å²) >= 11 is 6.09. The Balaban J connectivity index is 1.70. The third kappa shape index (κ3) is 3.07. The van der Waals surface area contributed by atoms with Crippen LogP contribution in [0.2, 0.25) is 5.02 Å². The number of carbonyl (C=O) groups is 1. The number of para-hydroxylation sites is 2. The highest BCUT2D eigenvalue weighted by Gasteiger charge is 2.17. The van der Waals surface area contributed by atoms with Gasteiger partial charge in [0.25, 0.3) is 0 Å². The summed E-state index contributed by atoms with van der Waals surface area (Å²) in [7, 11) is 0. The molecule has 2 heterocycles. The fraction of sp³-hybridized carbons (Fsp3) is 0.312. The number of halogens is 1. The van der Waals surface area contributed by atoms with E-state index in [-0.39, 0.29) is 18.5 Å². The molecule has 0 bridgehead atoms. The molecule has 0 spiro atoms. The maximum atomic E-state index is 12.2. The van der Waals surface area contributed by atoms with Gasteiger partial charge in [-0.25, -0.2) is 4.98 Å². The molecule has 1 unspecified atom stereocenters. The number of aryl methyl sites for hydroxylation is 1. The highest BCUT2D eigenvalue weighted by Crippen LogP contribution is 2.20. The fourth-order valence-electron chi connectivity index (χ4n) is 2.39. The Labute approximate surface area is 138 Å². The number of nitrogens with zero attached hydrogens (tertiary/aromatic N) is 3. The van der Waals surface area contributed by atoms with Crippen molar-refractivity contribution in [3.63, 3.8) is 0 Å². The van der Waals surface area contributed by atoms with Crippen LogP contribution in [-0.2, 0) is 11.3 Å². The minimum absolute atomic E-state index is 0.101. The quantitative estimate of drug-likeness (QED) is 0.796. The minimum Gasteiger partial charge on any atom is -0.438 e. The molecule has 0 saturated carbocycles. The van der Waals surface area contributed by atoms with Gasteiger partial charge in [0.05, 0.1) is 16.4 Å². The number of benzene rings is 1. The Bertz CT molecular complexity index is 835. The van der Waals surface area contributed by atoms with Crippen LogP contribution in [0.1, 0.15) is 30.2 Å². The first-order valence-electron chi connectivity index (χ1n) is 7.30. The van der Waals surface area contributed by atoms with Gasteiger partial charge in [0, 0.05) is 0 Å². The van der Waals surface area contributed by atoms with Crippen molar-refractivity contribution < 1.29 is 9.21 Å². The van der Waals surface area contributed by atoms with Crippen LogP contribution in [0, 0.1) is 13.8 Å². The Kier molecular flexibility index (Phi) is 4.09. The Morgan fingerprint density at radius 3 is 2.78 bits per heavy atom. The number of fused-ring (bicyclic) bond motifs is 1. The van der Waals surface area contributed by atoms with Gasteiger partial charge in [-0.1, -0.05) is 23.7 Å². The van der Waals surface area contributed by atoms with Gasteiger partial charge in [-0.2, -0.15) is 5.10 Å². The number of nitrogens with one attached hydrogen (secondary N) is 1. The summed E-state index contributed by atoms with van der Waals surface area (Å²) in [4.78, 5) is 16.6. The molecular formula is C16H17ClN4O2. The molecule has 0 aliphatic rings. The van der Waals surface area contributed by atoms with Crippen LogP contribution in [0.25, 0.3) is 11.1 Å². The van der Waals surface area contributed by atoms with E-state index in [1.165, 1.54) is 0 Å². The van der Waals surface area contributed by atoms with E-state index in [0.29, 0.717) is 22.2 Å². The summed E-state index contributed by atoms with van der Waals surface area (Å²) in [6.07, 6.45) is 0. The average molecular weight is 333 g/mol. The molecule has 1 atom stereocenters. The normalized spacial score (nSPS) is 12.5. The van der Waals surface area contributed by atoms with E-state index in [4.69, 9.17) is 16.0 Å². The lowest BCUT2D eigenvalue weighted by Crippen LogP contribution is -2.30.